The molecule has 1 aromatic carbocycles. The SMILES string of the molecule is Cc1ccc([N+](=O)[O-])c(C[O])c1. The topological polar surface area (TPSA) is 63.0 Å². The van der Waals surface area contributed by atoms with Gasteiger partial charge in [0, 0.05) is 6.07 Å². The first kappa shape index (κ1) is 8.67. The molecule has 0 spiro atoms. The predicted octanol–water partition coefficient (Wildman–Crippen LogP) is 1.83. The van der Waals surface area contributed by atoms with Gasteiger partial charge < -0.3 is 0 Å². The molecule has 4 nitrogen and oxygen atoms in total. The van der Waals surface area contributed by atoms with Crippen molar-refractivity contribution in [3.05, 3.63) is 39.4 Å². The minimum Gasteiger partial charge on any atom is -0.258 e. The van der Waals surface area contributed by atoms with E-state index in [9.17, 15) is 15.2 Å². The van der Waals surface area contributed by atoms with Crippen molar-refractivity contribution in [1.29, 1.82) is 0 Å². The summed E-state index contributed by atoms with van der Waals surface area (Å²) in [6.07, 6.45) is 0. The number of hydrogen-bond acceptors (Lipinski definition) is 2. The molecule has 0 unspecified atom stereocenters. The zero-order valence-corrected chi connectivity index (χ0v) is 6.61. The second-order valence-electron chi connectivity index (χ2n) is 2.53. The lowest BCUT2D eigenvalue weighted by Gasteiger charge is -1.98. The van der Waals surface area contributed by atoms with Crippen LogP contribution in [0.5, 0.6) is 0 Å². The van der Waals surface area contributed by atoms with E-state index in [1.165, 1.54) is 6.07 Å². The van der Waals surface area contributed by atoms with Crippen LogP contribution in [0.4, 0.5) is 5.69 Å². The Labute approximate surface area is 69.6 Å². The molecule has 0 aromatic heterocycles. The molecule has 0 bridgehead atoms. The van der Waals surface area contributed by atoms with Crippen molar-refractivity contribution < 1.29 is 10.0 Å². The van der Waals surface area contributed by atoms with Crippen molar-refractivity contribution in [1.82, 2.24) is 0 Å². The summed E-state index contributed by atoms with van der Waals surface area (Å²) >= 11 is 0. The van der Waals surface area contributed by atoms with E-state index in [1.807, 2.05) is 0 Å². The molecule has 4 heteroatoms. The summed E-state index contributed by atoms with van der Waals surface area (Å²) in [6, 6.07) is 4.53. The van der Waals surface area contributed by atoms with Crippen molar-refractivity contribution in [2.24, 2.45) is 0 Å². The highest BCUT2D eigenvalue weighted by Gasteiger charge is 2.11. The average molecular weight is 166 g/mol. The quantitative estimate of drug-likeness (QED) is 0.497. The molecule has 0 saturated heterocycles. The van der Waals surface area contributed by atoms with Gasteiger partial charge in [0.2, 0.25) is 0 Å². The van der Waals surface area contributed by atoms with Gasteiger partial charge in [0.1, 0.15) is 6.61 Å². The number of benzene rings is 1. The molecule has 1 radical (unpaired) electrons. The molecule has 0 aliphatic heterocycles. The van der Waals surface area contributed by atoms with Gasteiger partial charge in [-0.05, 0) is 13.0 Å². The summed E-state index contributed by atoms with van der Waals surface area (Å²) in [7, 11) is 0. The number of hydrogen-bond donors (Lipinski definition) is 0. The number of nitro groups is 1. The van der Waals surface area contributed by atoms with Crippen molar-refractivity contribution in [2.75, 3.05) is 0 Å². The molecule has 0 heterocycles. The van der Waals surface area contributed by atoms with Gasteiger partial charge in [0.15, 0.2) is 0 Å². The third-order valence-corrected chi connectivity index (χ3v) is 1.59. The second-order valence-corrected chi connectivity index (χ2v) is 2.53. The molecule has 0 amide bonds. The maximum absolute atomic E-state index is 10.5. The van der Waals surface area contributed by atoms with Gasteiger partial charge >= 0.3 is 0 Å². The smallest absolute Gasteiger partial charge is 0.258 e. The van der Waals surface area contributed by atoms with Crippen LogP contribution in [0.25, 0.3) is 0 Å². The molecule has 0 aliphatic rings. The Balaban J connectivity index is 3.20. The van der Waals surface area contributed by atoms with Crippen LogP contribution in [-0.2, 0) is 11.7 Å². The average Bonchev–Trinajstić information content (AvgIpc) is 2.03. The number of nitro benzene ring substituents is 1. The normalized spacial score (nSPS) is 9.83. The van der Waals surface area contributed by atoms with E-state index in [4.69, 9.17) is 0 Å². The van der Waals surface area contributed by atoms with Crippen LogP contribution < -0.4 is 0 Å². The Hall–Kier alpha value is -1.42. The van der Waals surface area contributed by atoms with Gasteiger partial charge in [-0.2, -0.15) is 0 Å². The van der Waals surface area contributed by atoms with E-state index in [0.29, 0.717) is 0 Å². The highest BCUT2D eigenvalue weighted by molar-refractivity contribution is 5.41. The van der Waals surface area contributed by atoms with Crippen molar-refractivity contribution >= 4 is 5.69 Å². The summed E-state index contributed by atoms with van der Waals surface area (Å²) in [5, 5.41) is 20.9. The van der Waals surface area contributed by atoms with Crippen LogP contribution >= 0.6 is 0 Å². The van der Waals surface area contributed by atoms with Crippen LogP contribution in [0, 0.1) is 17.0 Å². The molecule has 12 heavy (non-hydrogen) atoms. The molecule has 0 fully saturated rings. The van der Waals surface area contributed by atoms with Gasteiger partial charge in [-0.1, -0.05) is 11.6 Å². The van der Waals surface area contributed by atoms with Crippen LogP contribution in [0.3, 0.4) is 0 Å². The minimum absolute atomic E-state index is 0.0874. The Morgan fingerprint density at radius 2 is 2.17 bits per heavy atom. The summed E-state index contributed by atoms with van der Waals surface area (Å²) in [5.74, 6) is 0. The van der Waals surface area contributed by atoms with Crippen LogP contribution in [0.1, 0.15) is 11.1 Å². The molecule has 1 aromatic rings. The van der Waals surface area contributed by atoms with Crippen molar-refractivity contribution in [3.63, 3.8) is 0 Å². The summed E-state index contributed by atoms with van der Waals surface area (Å²) < 4.78 is 0. The lowest BCUT2D eigenvalue weighted by Crippen LogP contribution is -1.94. The van der Waals surface area contributed by atoms with Crippen LogP contribution in [-0.4, -0.2) is 4.92 Å². The zero-order chi connectivity index (χ0) is 9.14. The molecule has 0 saturated carbocycles. The molecule has 0 aliphatic carbocycles. The molecular formula is C8H8NO3. The highest BCUT2D eigenvalue weighted by atomic mass is 16.6. The first-order chi connectivity index (χ1) is 5.65. The van der Waals surface area contributed by atoms with Crippen LogP contribution in [0.15, 0.2) is 18.2 Å². The largest absolute Gasteiger partial charge is 0.275 e. The maximum Gasteiger partial charge on any atom is 0.275 e. The fraction of sp³-hybridized carbons (Fsp3) is 0.250. The van der Waals surface area contributed by atoms with E-state index < -0.39 is 11.5 Å². The Morgan fingerprint density at radius 1 is 1.50 bits per heavy atom. The lowest BCUT2D eigenvalue weighted by molar-refractivity contribution is -0.386. The third-order valence-electron chi connectivity index (χ3n) is 1.59. The van der Waals surface area contributed by atoms with Gasteiger partial charge in [0.05, 0.1) is 10.5 Å². The van der Waals surface area contributed by atoms with Gasteiger partial charge in [-0.25, -0.2) is 5.11 Å². The first-order valence-electron chi connectivity index (χ1n) is 3.47. The third kappa shape index (κ3) is 1.60. The molecule has 0 atom stereocenters. The minimum atomic E-state index is -0.544. The maximum atomic E-state index is 10.5. The van der Waals surface area contributed by atoms with E-state index >= 15 is 0 Å². The summed E-state index contributed by atoms with van der Waals surface area (Å²) in [6.45, 7) is 1.25. The highest BCUT2D eigenvalue weighted by Crippen LogP contribution is 2.19. The van der Waals surface area contributed by atoms with E-state index in [0.717, 1.165) is 5.56 Å². The van der Waals surface area contributed by atoms with Crippen molar-refractivity contribution in [2.45, 2.75) is 13.5 Å². The van der Waals surface area contributed by atoms with E-state index in [-0.39, 0.29) is 11.3 Å². The summed E-state index contributed by atoms with van der Waals surface area (Å²) in [5.41, 5.74) is 1.03. The molecule has 1 rings (SSSR count). The number of rotatable bonds is 2. The zero-order valence-electron chi connectivity index (χ0n) is 6.61. The standard InChI is InChI=1S/C8H8NO3/c1-6-2-3-8(9(11)12)7(4-6)5-10/h2-4H,5H2,1H3. The Bertz CT molecular complexity index is 309. The van der Waals surface area contributed by atoms with Crippen molar-refractivity contribution in [3.8, 4) is 0 Å². The molecule has 63 valence electrons. The monoisotopic (exact) mass is 166 g/mol. The molecule has 0 N–H and O–H groups in total. The van der Waals surface area contributed by atoms with E-state index in [2.05, 4.69) is 0 Å². The van der Waals surface area contributed by atoms with Gasteiger partial charge in [-0.15, -0.1) is 0 Å². The van der Waals surface area contributed by atoms with Crippen LogP contribution in [0.2, 0.25) is 0 Å². The van der Waals surface area contributed by atoms with Gasteiger partial charge in [0.25, 0.3) is 5.69 Å². The predicted molar refractivity (Wildman–Crippen MR) is 42.2 cm³/mol. The fourth-order valence-electron chi connectivity index (χ4n) is 1.01. The Morgan fingerprint density at radius 3 is 2.67 bits per heavy atom. The summed E-state index contributed by atoms with van der Waals surface area (Å²) in [4.78, 5) is 9.82. The first-order valence-corrected chi connectivity index (χ1v) is 3.47. The van der Waals surface area contributed by atoms with Gasteiger partial charge in [-0.3, -0.25) is 10.1 Å². The fourth-order valence-corrected chi connectivity index (χ4v) is 1.01. The number of aryl methyl sites for hydroxylation is 1. The lowest BCUT2D eigenvalue weighted by atomic mass is 10.1. The Kier molecular flexibility index (Phi) is 2.40. The molecular weight excluding hydrogens is 158 g/mol. The second kappa shape index (κ2) is 3.32. The van der Waals surface area contributed by atoms with E-state index in [1.54, 1.807) is 19.1 Å². The number of nitrogens with zero attached hydrogens (tertiary/aromatic N) is 1.